The average molecular weight is 214 g/mol. The molecule has 0 unspecified atom stereocenters. The number of aromatic nitrogens is 2. The van der Waals surface area contributed by atoms with E-state index in [1.54, 1.807) is 6.07 Å². The normalized spacial score (nSPS) is 15.9. The van der Waals surface area contributed by atoms with Crippen molar-refractivity contribution in [1.82, 2.24) is 9.78 Å². The van der Waals surface area contributed by atoms with Gasteiger partial charge >= 0.3 is 0 Å². The van der Waals surface area contributed by atoms with E-state index in [0.717, 1.165) is 14.5 Å². The molecule has 0 aliphatic heterocycles. The van der Waals surface area contributed by atoms with Gasteiger partial charge in [0.2, 0.25) is 0 Å². The van der Waals surface area contributed by atoms with Gasteiger partial charge in [-0.1, -0.05) is 22.0 Å². The third-order valence-electron chi connectivity index (χ3n) is 1.50. The number of hydrogen-bond acceptors (Lipinski definition) is 1. The van der Waals surface area contributed by atoms with Gasteiger partial charge in [-0.3, -0.25) is 4.68 Å². The molecule has 0 bridgehead atoms. The first-order chi connectivity index (χ1) is 6.48. The number of nitrogens with zero attached hydrogens (tertiary/aromatic N) is 2. The smallest absolute Gasteiger partial charge is 0.0934 e. The van der Waals surface area contributed by atoms with Crippen molar-refractivity contribution in [3.8, 4) is 0 Å². The summed E-state index contributed by atoms with van der Waals surface area (Å²) in [5.41, 5.74) is 0.676. The molecule has 0 fully saturated rings. The molecule has 0 aliphatic carbocycles. The fraction of sp³-hybridized carbons (Fsp3) is 0.125. The lowest BCUT2D eigenvalue weighted by molar-refractivity contribution is 0.779. The zero-order valence-corrected chi connectivity index (χ0v) is 7.17. The summed E-state index contributed by atoms with van der Waals surface area (Å²) in [7, 11) is 0. The van der Waals surface area contributed by atoms with Gasteiger partial charge in [0.05, 0.1) is 5.52 Å². The molecule has 0 radical (unpaired) electrons. The second kappa shape index (κ2) is 2.34. The molecule has 2 aromatic rings. The molecule has 1 aromatic heterocycles. The summed E-state index contributed by atoms with van der Waals surface area (Å²) in [6, 6.07) is 5.46. The van der Waals surface area contributed by atoms with Crippen molar-refractivity contribution in [2.75, 3.05) is 0 Å². The van der Waals surface area contributed by atoms with Crippen LogP contribution < -0.4 is 0 Å². The van der Waals surface area contributed by atoms with Gasteiger partial charge in [0.15, 0.2) is 0 Å². The Morgan fingerprint density at radius 3 is 3.27 bits per heavy atom. The minimum atomic E-state index is -2.21. The van der Waals surface area contributed by atoms with Crippen LogP contribution in [0.4, 0.5) is 0 Å². The third kappa shape index (κ3) is 1.05. The molecule has 0 amide bonds. The predicted octanol–water partition coefficient (Wildman–Crippen LogP) is 2.34. The fourth-order valence-electron chi connectivity index (χ4n) is 1.01. The average Bonchev–Trinajstić information content (AvgIpc) is 2.48. The molecular weight excluding hydrogens is 204 g/mol. The molecule has 0 N–H and O–H groups in total. The first kappa shape index (κ1) is 4.26. The van der Waals surface area contributed by atoms with E-state index in [0.29, 0.717) is 5.52 Å². The van der Waals surface area contributed by atoms with Crippen LogP contribution in [0.1, 0.15) is 4.11 Å². The summed E-state index contributed by atoms with van der Waals surface area (Å²) in [5, 5.41) is 4.78. The molecule has 2 rings (SSSR count). The van der Waals surface area contributed by atoms with Gasteiger partial charge in [-0.05, 0) is 12.1 Å². The lowest BCUT2D eigenvalue weighted by atomic mass is 10.3. The summed E-state index contributed by atoms with van der Waals surface area (Å²) >= 11 is 3.34. The van der Waals surface area contributed by atoms with Gasteiger partial charge in [0, 0.05) is 27.1 Å². The highest BCUT2D eigenvalue weighted by atomic mass is 79.9. The van der Waals surface area contributed by atoms with Crippen LogP contribution in [0.3, 0.4) is 0 Å². The molecule has 3 heteroatoms. The Balaban J connectivity index is 2.69. The Morgan fingerprint density at radius 2 is 2.55 bits per heavy atom. The first-order valence-corrected chi connectivity index (χ1v) is 3.92. The third-order valence-corrected chi connectivity index (χ3v) is 2.19. The Bertz CT molecular complexity index is 475. The lowest BCUT2D eigenvalue weighted by Crippen LogP contribution is -1.84. The molecular formula is C8H7BrN2. The van der Waals surface area contributed by atoms with Crippen molar-refractivity contribution < 1.29 is 4.11 Å². The molecule has 11 heavy (non-hydrogen) atoms. The lowest BCUT2D eigenvalue weighted by Gasteiger charge is -1.88. The zero-order chi connectivity index (χ0) is 10.3. The minimum Gasteiger partial charge on any atom is -0.275 e. The van der Waals surface area contributed by atoms with Crippen LogP contribution in [0.5, 0.6) is 0 Å². The standard InChI is InChI=1S/C8H7BrN2/c1-11-5-6-7(9)3-2-4-8(6)10-11/h2-5H,1H3/i1D3. The van der Waals surface area contributed by atoms with E-state index in [9.17, 15) is 0 Å². The molecule has 0 saturated carbocycles. The quantitative estimate of drug-likeness (QED) is 0.658. The van der Waals surface area contributed by atoms with Gasteiger partial charge in [-0.2, -0.15) is 5.10 Å². The number of halogens is 1. The van der Waals surface area contributed by atoms with E-state index in [1.807, 2.05) is 12.1 Å². The van der Waals surface area contributed by atoms with Crippen LogP contribution in [-0.4, -0.2) is 9.78 Å². The SMILES string of the molecule is [2H]C([2H])([2H])n1cc2c(Br)cccc2n1. The van der Waals surface area contributed by atoms with E-state index in [4.69, 9.17) is 4.11 Å². The summed E-state index contributed by atoms with van der Waals surface area (Å²) in [4.78, 5) is 0. The Morgan fingerprint density at radius 1 is 1.64 bits per heavy atom. The van der Waals surface area contributed by atoms with Crippen molar-refractivity contribution in [2.24, 2.45) is 6.98 Å². The maximum atomic E-state index is 7.19. The van der Waals surface area contributed by atoms with Gasteiger partial charge in [-0.25, -0.2) is 0 Å². The summed E-state index contributed by atoms with van der Waals surface area (Å²) in [6.45, 7) is -2.21. The van der Waals surface area contributed by atoms with Crippen molar-refractivity contribution in [2.45, 2.75) is 0 Å². The molecule has 0 spiro atoms. The summed E-state index contributed by atoms with van der Waals surface area (Å²) in [6.07, 6.45) is 1.52. The Hall–Kier alpha value is -0.830. The van der Waals surface area contributed by atoms with E-state index in [2.05, 4.69) is 21.0 Å². The van der Waals surface area contributed by atoms with Crippen LogP contribution in [0.2, 0.25) is 0 Å². The van der Waals surface area contributed by atoms with Crippen molar-refractivity contribution >= 4 is 26.8 Å². The minimum absolute atomic E-state index is 0.676. The zero-order valence-electron chi connectivity index (χ0n) is 8.58. The number of fused-ring (bicyclic) bond motifs is 1. The van der Waals surface area contributed by atoms with Crippen molar-refractivity contribution in [3.63, 3.8) is 0 Å². The van der Waals surface area contributed by atoms with Gasteiger partial charge < -0.3 is 0 Å². The second-order valence-corrected chi connectivity index (χ2v) is 3.10. The molecule has 0 saturated heterocycles. The van der Waals surface area contributed by atoms with Crippen LogP contribution in [0, 0.1) is 0 Å². The van der Waals surface area contributed by atoms with Crippen molar-refractivity contribution in [1.29, 1.82) is 0 Å². The monoisotopic (exact) mass is 213 g/mol. The van der Waals surface area contributed by atoms with Crippen LogP contribution in [0.25, 0.3) is 10.9 Å². The van der Waals surface area contributed by atoms with Crippen molar-refractivity contribution in [3.05, 3.63) is 28.9 Å². The Kier molecular flexibility index (Phi) is 0.906. The topological polar surface area (TPSA) is 17.8 Å². The Labute approximate surface area is 77.2 Å². The molecule has 0 atom stereocenters. The van der Waals surface area contributed by atoms with Crippen LogP contribution >= 0.6 is 15.9 Å². The molecule has 1 heterocycles. The highest BCUT2D eigenvalue weighted by Crippen LogP contribution is 2.21. The molecule has 56 valence electrons. The van der Waals surface area contributed by atoms with E-state index in [-0.39, 0.29) is 0 Å². The van der Waals surface area contributed by atoms with E-state index < -0.39 is 6.98 Å². The maximum absolute atomic E-state index is 7.19. The van der Waals surface area contributed by atoms with Gasteiger partial charge in [0.1, 0.15) is 0 Å². The number of benzene rings is 1. The summed E-state index contributed by atoms with van der Waals surface area (Å²) in [5.74, 6) is 0. The number of hydrogen-bond donors (Lipinski definition) is 0. The highest BCUT2D eigenvalue weighted by molar-refractivity contribution is 9.10. The summed E-state index contributed by atoms with van der Waals surface area (Å²) < 4.78 is 23.4. The second-order valence-electron chi connectivity index (χ2n) is 2.25. The van der Waals surface area contributed by atoms with E-state index in [1.165, 1.54) is 6.20 Å². The van der Waals surface area contributed by atoms with Crippen LogP contribution in [0.15, 0.2) is 28.9 Å². The number of rotatable bonds is 0. The van der Waals surface area contributed by atoms with Gasteiger partial charge in [0.25, 0.3) is 0 Å². The first-order valence-electron chi connectivity index (χ1n) is 4.63. The fourth-order valence-corrected chi connectivity index (χ4v) is 1.47. The van der Waals surface area contributed by atoms with Crippen LogP contribution in [-0.2, 0) is 6.98 Å². The van der Waals surface area contributed by atoms with E-state index >= 15 is 0 Å². The number of aryl methyl sites for hydroxylation is 1. The molecule has 1 aromatic carbocycles. The largest absolute Gasteiger partial charge is 0.275 e. The maximum Gasteiger partial charge on any atom is 0.0934 e. The molecule has 0 aliphatic rings. The van der Waals surface area contributed by atoms with Gasteiger partial charge in [-0.15, -0.1) is 0 Å². The molecule has 2 nitrogen and oxygen atoms in total. The predicted molar refractivity (Wildman–Crippen MR) is 48.4 cm³/mol. The highest BCUT2D eigenvalue weighted by Gasteiger charge is 1.99.